The fourth-order valence-corrected chi connectivity index (χ4v) is 1.45. The van der Waals surface area contributed by atoms with E-state index in [1.807, 2.05) is 6.07 Å². The molecule has 0 unspecified atom stereocenters. The Balaban J connectivity index is 2.53. The van der Waals surface area contributed by atoms with Gasteiger partial charge < -0.3 is 15.3 Å². The summed E-state index contributed by atoms with van der Waals surface area (Å²) in [6.45, 7) is 1.54. The molecule has 1 rings (SSSR count). The van der Waals surface area contributed by atoms with Gasteiger partial charge in [-0.2, -0.15) is 0 Å². The molecular weight excluding hydrogens is 232 g/mol. The molecule has 0 saturated heterocycles. The first-order valence-electron chi connectivity index (χ1n) is 5.75. The quantitative estimate of drug-likeness (QED) is 0.787. The molecule has 2 amide bonds. The molecule has 0 bridgehead atoms. The third kappa shape index (κ3) is 4.18. The van der Waals surface area contributed by atoms with Crippen LogP contribution in [0.3, 0.4) is 0 Å². The van der Waals surface area contributed by atoms with Crippen LogP contribution >= 0.6 is 0 Å². The summed E-state index contributed by atoms with van der Waals surface area (Å²) in [6.07, 6.45) is 0. The molecule has 0 aliphatic carbocycles. The molecule has 0 fully saturated rings. The van der Waals surface area contributed by atoms with Crippen molar-refractivity contribution in [1.82, 2.24) is 10.2 Å². The minimum Gasteiger partial charge on any atom is -0.394 e. The lowest BCUT2D eigenvalue weighted by atomic mass is 10.2. The molecule has 5 nitrogen and oxygen atoms in total. The van der Waals surface area contributed by atoms with E-state index in [4.69, 9.17) is 5.11 Å². The Morgan fingerprint density at radius 1 is 1.33 bits per heavy atom. The molecule has 18 heavy (non-hydrogen) atoms. The van der Waals surface area contributed by atoms with Crippen molar-refractivity contribution in [3.05, 3.63) is 35.9 Å². The molecular formula is C13H18N2O3. The molecule has 0 spiro atoms. The predicted molar refractivity (Wildman–Crippen MR) is 68.1 cm³/mol. The van der Waals surface area contributed by atoms with Gasteiger partial charge in [-0.15, -0.1) is 0 Å². The van der Waals surface area contributed by atoms with Gasteiger partial charge in [0, 0.05) is 18.7 Å². The molecule has 5 heteroatoms. The number of carbonyl (C=O) groups excluding carboxylic acids is 2. The first-order chi connectivity index (χ1) is 8.54. The van der Waals surface area contributed by atoms with E-state index in [1.54, 1.807) is 38.2 Å². The highest BCUT2D eigenvalue weighted by molar-refractivity contribution is 5.96. The average molecular weight is 250 g/mol. The highest BCUT2D eigenvalue weighted by Crippen LogP contribution is 2.02. The number of carbonyl (C=O) groups is 2. The van der Waals surface area contributed by atoms with E-state index in [1.165, 1.54) is 4.90 Å². The Hall–Kier alpha value is -1.88. The van der Waals surface area contributed by atoms with E-state index in [-0.39, 0.29) is 31.0 Å². The SMILES string of the molecule is C[C@@H](CO)NC(=O)CN(C)C(=O)c1ccccc1. The van der Waals surface area contributed by atoms with Crippen LogP contribution < -0.4 is 5.32 Å². The third-order valence-corrected chi connectivity index (χ3v) is 2.43. The van der Waals surface area contributed by atoms with Crippen LogP contribution in [0.2, 0.25) is 0 Å². The topological polar surface area (TPSA) is 69.6 Å². The van der Waals surface area contributed by atoms with Gasteiger partial charge in [0.1, 0.15) is 0 Å². The number of hydrogen-bond acceptors (Lipinski definition) is 3. The summed E-state index contributed by atoms with van der Waals surface area (Å²) in [5, 5.41) is 11.4. The van der Waals surface area contributed by atoms with Crippen LogP contribution in [-0.4, -0.2) is 48.1 Å². The maximum absolute atomic E-state index is 11.9. The van der Waals surface area contributed by atoms with Crippen LogP contribution in [0, 0.1) is 0 Å². The number of aliphatic hydroxyl groups is 1. The standard InChI is InChI=1S/C13H18N2O3/c1-10(9-16)14-12(17)8-15(2)13(18)11-6-4-3-5-7-11/h3-7,10,16H,8-9H2,1-2H3,(H,14,17)/t10-/m0/s1. The molecule has 98 valence electrons. The van der Waals surface area contributed by atoms with Crippen molar-refractivity contribution in [1.29, 1.82) is 0 Å². The van der Waals surface area contributed by atoms with Crippen LogP contribution in [0.1, 0.15) is 17.3 Å². The van der Waals surface area contributed by atoms with Crippen molar-refractivity contribution in [2.75, 3.05) is 20.2 Å². The Labute approximate surface area is 106 Å². The average Bonchev–Trinajstić information content (AvgIpc) is 2.38. The lowest BCUT2D eigenvalue weighted by Gasteiger charge is -2.18. The van der Waals surface area contributed by atoms with Crippen molar-refractivity contribution < 1.29 is 14.7 Å². The minimum atomic E-state index is -0.308. The summed E-state index contributed by atoms with van der Waals surface area (Å²) in [5.41, 5.74) is 0.544. The zero-order valence-electron chi connectivity index (χ0n) is 10.6. The highest BCUT2D eigenvalue weighted by Gasteiger charge is 2.15. The second-order valence-corrected chi connectivity index (χ2v) is 4.18. The monoisotopic (exact) mass is 250 g/mol. The Kier molecular flexibility index (Phi) is 5.32. The first kappa shape index (κ1) is 14.2. The van der Waals surface area contributed by atoms with E-state index in [9.17, 15) is 9.59 Å². The zero-order chi connectivity index (χ0) is 13.5. The van der Waals surface area contributed by atoms with Gasteiger partial charge in [0.25, 0.3) is 5.91 Å². The summed E-state index contributed by atoms with van der Waals surface area (Å²) in [6, 6.07) is 8.47. The molecule has 1 aromatic rings. The second kappa shape index (κ2) is 6.76. The summed E-state index contributed by atoms with van der Waals surface area (Å²) >= 11 is 0. The largest absolute Gasteiger partial charge is 0.394 e. The van der Waals surface area contributed by atoms with Gasteiger partial charge in [0.05, 0.1) is 13.2 Å². The number of nitrogens with one attached hydrogen (secondary N) is 1. The summed E-state index contributed by atoms with van der Waals surface area (Å²) in [4.78, 5) is 24.8. The second-order valence-electron chi connectivity index (χ2n) is 4.18. The lowest BCUT2D eigenvalue weighted by Crippen LogP contribution is -2.42. The first-order valence-corrected chi connectivity index (χ1v) is 5.75. The molecule has 0 aromatic heterocycles. The molecule has 0 aliphatic heterocycles. The lowest BCUT2D eigenvalue weighted by molar-refractivity contribution is -0.122. The summed E-state index contributed by atoms with van der Waals surface area (Å²) in [5.74, 6) is -0.495. The van der Waals surface area contributed by atoms with Gasteiger partial charge in [-0.1, -0.05) is 18.2 Å². The maximum Gasteiger partial charge on any atom is 0.254 e. The summed E-state index contributed by atoms with van der Waals surface area (Å²) in [7, 11) is 1.57. The van der Waals surface area contributed by atoms with E-state index in [0.29, 0.717) is 5.56 Å². The van der Waals surface area contributed by atoms with Crippen LogP contribution in [0.5, 0.6) is 0 Å². The van der Waals surface area contributed by atoms with Gasteiger partial charge in [-0.25, -0.2) is 0 Å². The minimum absolute atomic E-state index is 0.0297. The number of likely N-dealkylation sites (N-methyl/N-ethyl adjacent to an activating group) is 1. The van der Waals surface area contributed by atoms with E-state index >= 15 is 0 Å². The summed E-state index contributed by atoms with van der Waals surface area (Å²) < 4.78 is 0. The normalized spacial score (nSPS) is 11.7. The fourth-order valence-electron chi connectivity index (χ4n) is 1.45. The molecule has 0 heterocycles. The molecule has 1 aromatic carbocycles. The van der Waals surface area contributed by atoms with Crippen LogP contribution in [0.15, 0.2) is 30.3 Å². The van der Waals surface area contributed by atoms with Gasteiger partial charge >= 0.3 is 0 Å². The number of rotatable bonds is 5. The smallest absolute Gasteiger partial charge is 0.254 e. The predicted octanol–water partition coefficient (Wildman–Crippen LogP) is 0.256. The number of benzene rings is 1. The van der Waals surface area contributed by atoms with Crippen LogP contribution in [0.25, 0.3) is 0 Å². The molecule has 0 radical (unpaired) electrons. The Morgan fingerprint density at radius 2 is 1.94 bits per heavy atom. The van der Waals surface area contributed by atoms with Crippen LogP contribution in [0.4, 0.5) is 0 Å². The molecule has 2 N–H and O–H groups in total. The molecule has 1 atom stereocenters. The number of nitrogens with zero attached hydrogens (tertiary/aromatic N) is 1. The van der Waals surface area contributed by atoms with E-state index in [2.05, 4.69) is 5.32 Å². The van der Waals surface area contributed by atoms with Gasteiger partial charge in [0.15, 0.2) is 0 Å². The van der Waals surface area contributed by atoms with Crippen molar-refractivity contribution in [2.45, 2.75) is 13.0 Å². The Bertz CT molecular complexity index is 406. The third-order valence-electron chi connectivity index (χ3n) is 2.43. The molecule has 0 aliphatic rings. The maximum atomic E-state index is 11.9. The number of aliphatic hydroxyl groups excluding tert-OH is 1. The van der Waals surface area contributed by atoms with E-state index in [0.717, 1.165) is 0 Å². The number of hydrogen-bond donors (Lipinski definition) is 2. The van der Waals surface area contributed by atoms with Gasteiger partial charge in [-0.05, 0) is 19.1 Å². The van der Waals surface area contributed by atoms with E-state index < -0.39 is 0 Å². The molecule has 0 saturated carbocycles. The van der Waals surface area contributed by atoms with Crippen molar-refractivity contribution in [2.24, 2.45) is 0 Å². The number of amides is 2. The van der Waals surface area contributed by atoms with Crippen LogP contribution in [-0.2, 0) is 4.79 Å². The van der Waals surface area contributed by atoms with Gasteiger partial charge in [-0.3, -0.25) is 9.59 Å². The Morgan fingerprint density at radius 3 is 2.50 bits per heavy atom. The van der Waals surface area contributed by atoms with Crippen molar-refractivity contribution in [3.8, 4) is 0 Å². The fraction of sp³-hybridized carbons (Fsp3) is 0.385. The van der Waals surface area contributed by atoms with Crippen molar-refractivity contribution >= 4 is 11.8 Å². The van der Waals surface area contributed by atoms with Crippen molar-refractivity contribution in [3.63, 3.8) is 0 Å². The highest BCUT2D eigenvalue weighted by atomic mass is 16.3. The zero-order valence-corrected chi connectivity index (χ0v) is 10.6. The van der Waals surface area contributed by atoms with Gasteiger partial charge in [0.2, 0.25) is 5.91 Å².